The molecular weight excluding hydrogens is 280 g/mol. The third kappa shape index (κ3) is 4.88. The van der Waals surface area contributed by atoms with E-state index in [1.165, 1.54) is 0 Å². The van der Waals surface area contributed by atoms with Gasteiger partial charge in [0.1, 0.15) is 0 Å². The van der Waals surface area contributed by atoms with Crippen LogP contribution < -0.4 is 11.1 Å². The summed E-state index contributed by atoms with van der Waals surface area (Å²) in [6.45, 7) is 4.50. The van der Waals surface area contributed by atoms with Crippen LogP contribution >= 0.6 is 15.9 Å². The highest BCUT2D eigenvalue weighted by Gasteiger charge is 2.11. The molecule has 94 valence electrons. The van der Waals surface area contributed by atoms with Gasteiger partial charge in [-0.15, -0.1) is 0 Å². The summed E-state index contributed by atoms with van der Waals surface area (Å²) in [5, 5.41) is 2.97. The summed E-state index contributed by atoms with van der Waals surface area (Å²) in [6, 6.07) is 7.98. The highest BCUT2D eigenvalue weighted by Crippen LogP contribution is 2.16. The number of nitrogens with two attached hydrogens (primary N) is 1. The Morgan fingerprint density at radius 1 is 1.35 bits per heavy atom. The summed E-state index contributed by atoms with van der Waals surface area (Å²) in [7, 11) is 0. The fraction of sp³-hybridized carbons (Fsp3) is 0.462. The van der Waals surface area contributed by atoms with Crippen molar-refractivity contribution in [2.45, 2.75) is 26.3 Å². The largest absolute Gasteiger partial charge is 0.350 e. The van der Waals surface area contributed by atoms with Crippen LogP contribution in [0.25, 0.3) is 0 Å². The number of amides is 1. The first-order valence-corrected chi connectivity index (χ1v) is 6.57. The number of benzene rings is 1. The van der Waals surface area contributed by atoms with Crippen LogP contribution in [0.2, 0.25) is 0 Å². The Morgan fingerprint density at radius 2 is 1.94 bits per heavy atom. The van der Waals surface area contributed by atoms with Crippen LogP contribution in [0.5, 0.6) is 0 Å². The van der Waals surface area contributed by atoms with E-state index in [9.17, 15) is 4.79 Å². The van der Waals surface area contributed by atoms with Gasteiger partial charge in [-0.25, -0.2) is 0 Å². The number of rotatable bonds is 5. The molecule has 4 heteroatoms. The molecule has 1 rings (SSSR count). The third-order valence-corrected chi connectivity index (χ3v) is 3.21. The molecule has 1 amide bonds. The third-order valence-electron chi connectivity index (χ3n) is 2.68. The Bertz CT molecular complexity index is 364. The van der Waals surface area contributed by atoms with Crippen molar-refractivity contribution in [1.29, 1.82) is 0 Å². The van der Waals surface area contributed by atoms with Gasteiger partial charge in [-0.3, -0.25) is 4.79 Å². The van der Waals surface area contributed by atoms with E-state index >= 15 is 0 Å². The summed E-state index contributed by atoms with van der Waals surface area (Å²) < 4.78 is 1.04. The van der Waals surface area contributed by atoms with E-state index in [-0.39, 0.29) is 17.9 Å². The lowest BCUT2D eigenvalue weighted by molar-refractivity contribution is -0.122. The van der Waals surface area contributed by atoms with Gasteiger partial charge in [0, 0.05) is 10.9 Å². The second-order valence-electron chi connectivity index (χ2n) is 4.39. The first kappa shape index (κ1) is 14.2. The quantitative estimate of drug-likeness (QED) is 0.878. The predicted octanol–water partition coefficient (Wildman–Crippen LogP) is 2.61. The molecule has 0 aliphatic heterocycles. The molecule has 0 saturated heterocycles. The molecule has 0 bridgehead atoms. The monoisotopic (exact) mass is 298 g/mol. The molecule has 2 atom stereocenters. The maximum Gasteiger partial charge on any atom is 0.220 e. The number of halogens is 1. The summed E-state index contributed by atoms with van der Waals surface area (Å²) >= 11 is 3.39. The first-order chi connectivity index (χ1) is 8.02. The molecule has 0 radical (unpaired) electrons. The summed E-state index contributed by atoms with van der Waals surface area (Å²) in [6.07, 6.45) is 0.484. The molecule has 3 N–H and O–H groups in total. The van der Waals surface area contributed by atoms with E-state index in [1.54, 1.807) is 0 Å². The molecule has 0 aliphatic rings. The molecule has 1 aromatic rings. The van der Waals surface area contributed by atoms with Gasteiger partial charge in [0.25, 0.3) is 0 Å². The van der Waals surface area contributed by atoms with Crippen molar-refractivity contribution in [3.8, 4) is 0 Å². The van der Waals surface area contributed by atoms with Gasteiger partial charge < -0.3 is 11.1 Å². The molecule has 0 saturated carbocycles. The van der Waals surface area contributed by atoms with Crippen LogP contribution in [0.15, 0.2) is 28.7 Å². The van der Waals surface area contributed by atoms with Crippen molar-refractivity contribution < 1.29 is 4.79 Å². The van der Waals surface area contributed by atoms with Gasteiger partial charge in [0.05, 0.1) is 6.04 Å². The van der Waals surface area contributed by atoms with Crippen molar-refractivity contribution in [3.63, 3.8) is 0 Å². The molecule has 1 aromatic carbocycles. The number of nitrogens with one attached hydrogen (secondary N) is 1. The maximum absolute atomic E-state index is 11.7. The summed E-state index contributed by atoms with van der Waals surface area (Å²) in [5.41, 5.74) is 6.59. The fourth-order valence-electron chi connectivity index (χ4n) is 1.54. The van der Waals surface area contributed by atoms with E-state index in [1.807, 2.05) is 38.1 Å². The van der Waals surface area contributed by atoms with E-state index in [2.05, 4.69) is 21.2 Å². The summed E-state index contributed by atoms with van der Waals surface area (Å²) in [4.78, 5) is 11.7. The second kappa shape index (κ2) is 6.77. The lowest BCUT2D eigenvalue weighted by Gasteiger charge is -2.16. The minimum atomic E-state index is 0.0283. The van der Waals surface area contributed by atoms with E-state index in [0.29, 0.717) is 13.0 Å². The minimum absolute atomic E-state index is 0.0283. The van der Waals surface area contributed by atoms with Crippen LogP contribution in [-0.2, 0) is 4.79 Å². The van der Waals surface area contributed by atoms with Crippen molar-refractivity contribution in [1.82, 2.24) is 5.32 Å². The number of carbonyl (C=O) groups is 1. The average Bonchev–Trinajstić information content (AvgIpc) is 2.29. The summed E-state index contributed by atoms with van der Waals surface area (Å²) in [5.74, 6) is 0.283. The van der Waals surface area contributed by atoms with Crippen molar-refractivity contribution in [3.05, 3.63) is 34.3 Å². The molecule has 0 aromatic heterocycles. The zero-order valence-electron chi connectivity index (χ0n) is 10.2. The molecule has 2 unspecified atom stereocenters. The van der Waals surface area contributed by atoms with Gasteiger partial charge in [-0.05, 0) is 37.1 Å². The Kier molecular flexibility index (Phi) is 5.65. The standard InChI is InChI=1S/C13H19BrN2O/c1-9(8-15)7-13(17)16-10(2)11-3-5-12(14)6-4-11/h3-6,9-10H,7-8,15H2,1-2H3,(H,16,17). The Hall–Kier alpha value is -0.870. The Morgan fingerprint density at radius 3 is 2.47 bits per heavy atom. The van der Waals surface area contributed by atoms with E-state index < -0.39 is 0 Å². The zero-order valence-corrected chi connectivity index (χ0v) is 11.8. The SMILES string of the molecule is CC(CN)CC(=O)NC(C)c1ccc(Br)cc1. The van der Waals surface area contributed by atoms with Crippen LogP contribution in [0.3, 0.4) is 0 Å². The molecule has 0 heterocycles. The highest BCUT2D eigenvalue weighted by molar-refractivity contribution is 9.10. The predicted molar refractivity (Wildman–Crippen MR) is 73.5 cm³/mol. The number of hydrogen-bond donors (Lipinski definition) is 2. The molecule has 0 fully saturated rings. The number of hydrogen-bond acceptors (Lipinski definition) is 2. The molecule has 17 heavy (non-hydrogen) atoms. The van der Waals surface area contributed by atoms with Crippen molar-refractivity contribution in [2.75, 3.05) is 6.54 Å². The van der Waals surface area contributed by atoms with E-state index in [0.717, 1.165) is 10.0 Å². The van der Waals surface area contributed by atoms with Crippen LogP contribution in [-0.4, -0.2) is 12.5 Å². The van der Waals surface area contributed by atoms with Crippen molar-refractivity contribution in [2.24, 2.45) is 11.7 Å². The second-order valence-corrected chi connectivity index (χ2v) is 5.30. The maximum atomic E-state index is 11.7. The molecule has 0 spiro atoms. The Balaban J connectivity index is 2.51. The zero-order chi connectivity index (χ0) is 12.8. The molecule has 0 aliphatic carbocycles. The highest BCUT2D eigenvalue weighted by atomic mass is 79.9. The fourth-order valence-corrected chi connectivity index (χ4v) is 1.80. The van der Waals surface area contributed by atoms with Gasteiger partial charge in [-0.1, -0.05) is 35.0 Å². The number of carbonyl (C=O) groups excluding carboxylic acids is 1. The van der Waals surface area contributed by atoms with Crippen molar-refractivity contribution >= 4 is 21.8 Å². The smallest absolute Gasteiger partial charge is 0.220 e. The van der Waals surface area contributed by atoms with Crippen LogP contribution in [0.4, 0.5) is 0 Å². The Labute approximate surface area is 111 Å². The molecule has 3 nitrogen and oxygen atoms in total. The van der Waals surface area contributed by atoms with Crippen LogP contribution in [0.1, 0.15) is 31.9 Å². The van der Waals surface area contributed by atoms with Gasteiger partial charge in [0.2, 0.25) is 5.91 Å². The van der Waals surface area contributed by atoms with Crippen LogP contribution in [0, 0.1) is 5.92 Å². The lowest BCUT2D eigenvalue weighted by Crippen LogP contribution is -2.29. The molecular formula is C13H19BrN2O. The van der Waals surface area contributed by atoms with Gasteiger partial charge >= 0.3 is 0 Å². The average molecular weight is 299 g/mol. The lowest BCUT2D eigenvalue weighted by atomic mass is 10.1. The topological polar surface area (TPSA) is 55.1 Å². The van der Waals surface area contributed by atoms with E-state index in [4.69, 9.17) is 5.73 Å². The minimum Gasteiger partial charge on any atom is -0.350 e. The van der Waals surface area contributed by atoms with Gasteiger partial charge in [0.15, 0.2) is 0 Å². The van der Waals surface area contributed by atoms with Gasteiger partial charge in [-0.2, -0.15) is 0 Å². The normalized spacial score (nSPS) is 14.1. The first-order valence-electron chi connectivity index (χ1n) is 5.77.